The maximum Gasteiger partial charge on any atom is 0.164 e. The largest absolute Gasteiger partial charge is 0.208 e. The number of aromatic nitrogens is 3. The Morgan fingerprint density at radius 1 is 0.254 bits per heavy atom. The first-order chi connectivity index (χ1) is 31.2. The van der Waals surface area contributed by atoms with E-state index in [1.807, 2.05) is 24.3 Å². The van der Waals surface area contributed by atoms with E-state index >= 15 is 0 Å². The number of hydrogen-bond donors (Lipinski definition) is 0. The molecule has 63 heavy (non-hydrogen) atoms. The molecule has 0 N–H and O–H groups in total. The van der Waals surface area contributed by atoms with Crippen molar-refractivity contribution in [1.82, 2.24) is 15.0 Å². The van der Waals surface area contributed by atoms with Gasteiger partial charge < -0.3 is 0 Å². The summed E-state index contributed by atoms with van der Waals surface area (Å²) >= 11 is 0. The topological polar surface area (TPSA) is 38.7 Å². The van der Waals surface area contributed by atoms with Crippen LogP contribution in [0.1, 0.15) is 22.3 Å². The lowest BCUT2D eigenvalue weighted by molar-refractivity contribution is 0.769. The highest BCUT2D eigenvalue weighted by molar-refractivity contribution is 6.03. The van der Waals surface area contributed by atoms with Crippen LogP contribution in [0.5, 0.6) is 0 Å². The minimum atomic E-state index is -0.447. The Bertz CT molecular complexity index is 3430. The Morgan fingerprint density at radius 3 is 1.43 bits per heavy atom. The molecule has 12 rings (SSSR count). The summed E-state index contributed by atoms with van der Waals surface area (Å²) in [5, 5.41) is 4.70. The van der Waals surface area contributed by atoms with Crippen LogP contribution >= 0.6 is 0 Å². The van der Waals surface area contributed by atoms with E-state index in [1.54, 1.807) is 0 Å². The van der Waals surface area contributed by atoms with Gasteiger partial charge in [0.15, 0.2) is 17.5 Å². The highest BCUT2D eigenvalue weighted by atomic mass is 15.0. The molecule has 0 fully saturated rings. The Morgan fingerprint density at radius 2 is 0.746 bits per heavy atom. The fourth-order valence-electron chi connectivity index (χ4n) is 9.82. The monoisotopic (exact) mass is 801 g/mol. The first-order valence-electron chi connectivity index (χ1n) is 21.5. The lowest BCUT2D eigenvalue weighted by atomic mass is 9.67. The predicted molar refractivity (Wildman–Crippen MR) is 259 cm³/mol. The van der Waals surface area contributed by atoms with Gasteiger partial charge in [0, 0.05) is 16.7 Å². The number of fused-ring (bicyclic) bond motifs is 5. The zero-order valence-electron chi connectivity index (χ0n) is 34.4. The number of hydrogen-bond acceptors (Lipinski definition) is 3. The molecule has 294 valence electrons. The van der Waals surface area contributed by atoms with Crippen molar-refractivity contribution in [1.29, 1.82) is 0 Å². The lowest BCUT2D eigenvalue weighted by Crippen LogP contribution is -2.28. The van der Waals surface area contributed by atoms with E-state index in [0.29, 0.717) is 17.5 Å². The minimum Gasteiger partial charge on any atom is -0.208 e. The molecule has 0 aliphatic heterocycles. The van der Waals surface area contributed by atoms with Crippen LogP contribution in [0.4, 0.5) is 0 Å². The highest BCUT2D eigenvalue weighted by Crippen LogP contribution is 2.57. The van der Waals surface area contributed by atoms with Gasteiger partial charge in [0.05, 0.1) is 5.41 Å². The van der Waals surface area contributed by atoms with Crippen molar-refractivity contribution >= 4 is 21.5 Å². The lowest BCUT2D eigenvalue weighted by Gasteiger charge is -2.34. The van der Waals surface area contributed by atoms with E-state index < -0.39 is 5.41 Å². The van der Waals surface area contributed by atoms with E-state index in [2.05, 4.69) is 212 Å². The van der Waals surface area contributed by atoms with Crippen molar-refractivity contribution < 1.29 is 0 Å². The van der Waals surface area contributed by atoms with Gasteiger partial charge in [0.1, 0.15) is 0 Å². The average Bonchev–Trinajstić information content (AvgIpc) is 3.66. The molecule has 0 bridgehead atoms. The van der Waals surface area contributed by atoms with E-state index in [4.69, 9.17) is 15.0 Å². The molecule has 3 nitrogen and oxygen atoms in total. The highest BCUT2D eigenvalue weighted by Gasteiger charge is 2.46. The summed E-state index contributed by atoms with van der Waals surface area (Å²) in [6.07, 6.45) is 0. The third kappa shape index (κ3) is 6.16. The zero-order valence-corrected chi connectivity index (χ0v) is 34.4. The van der Waals surface area contributed by atoms with Crippen molar-refractivity contribution in [3.05, 3.63) is 259 Å². The number of rotatable bonds is 7. The van der Waals surface area contributed by atoms with Crippen LogP contribution in [0, 0.1) is 0 Å². The second-order valence-corrected chi connectivity index (χ2v) is 16.3. The van der Waals surface area contributed by atoms with Crippen molar-refractivity contribution in [2.75, 3.05) is 0 Å². The molecule has 3 heteroatoms. The van der Waals surface area contributed by atoms with Gasteiger partial charge in [0.2, 0.25) is 0 Å². The van der Waals surface area contributed by atoms with Gasteiger partial charge in [-0.2, -0.15) is 0 Å². The summed E-state index contributed by atoms with van der Waals surface area (Å²) in [6.45, 7) is 0. The molecule has 0 unspecified atom stereocenters. The van der Waals surface area contributed by atoms with Gasteiger partial charge >= 0.3 is 0 Å². The predicted octanol–water partition coefficient (Wildman–Crippen LogP) is 14.9. The van der Waals surface area contributed by atoms with Crippen LogP contribution in [-0.2, 0) is 5.41 Å². The van der Waals surface area contributed by atoms with Gasteiger partial charge in [-0.3, -0.25) is 0 Å². The number of nitrogens with zero attached hydrogens (tertiary/aromatic N) is 3. The van der Waals surface area contributed by atoms with Crippen molar-refractivity contribution in [2.45, 2.75) is 5.41 Å². The van der Waals surface area contributed by atoms with Crippen molar-refractivity contribution in [2.24, 2.45) is 0 Å². The normalized spacial score (nSPS) is 12.6. The second-order valence-electron chi connectivity index (χ2n) is 16.3. The van der Waals surface area contributed by atoms with Crippen LogP contribution in [-0.4, -0.2) is 15.0 Å². The Hall–Kier alpha value is -8.27. The van der Waals surface area contributed by atoms with Gasteiger partial charge in [-0.1, -0.05) is 206 Å². The molecule has 0 atom stereocenters. The molecule has 0 spiro atoms. The first-order valence-corrected chi connectivity index (χ1v) is 21.5. The summed E-state index contributed by atoms with van der Waals surface area (Å²) in [5.74, 6) is 1.90. The average molecular weight is 802 g/mol. The third-order valence-electron chi connectivity index (χ3n) is 12.8. The maximum absolute atomic E-state index is 5.20. The van der Waals surface area contributed by atoms with Crippen LogP contribution < -0.4 is 0 Å². The number of benzene rings is 10. The van der Waals surface area contributed by atoms with Gasteiger partial charge in [0.25, 0.3) is 0 Å². The van der Waals surface area contributed by atoms with E-state index in [1.165, 1.54) is 55.1 Å². The van der Waals surface area contributed by atoms with Crippen molar-refractivity contribution in [3.8, 4) is 67.5 Å². The summed E-state index contributed by atoms with van der Waals surface area (Å²) in [7, 11) is 0. The Labute approximate surface area is 366 Å². The van der Waals surface area contributed by atoms with E-state index in [9.17, 15) is 0 Å². The van der Waals surface area contributed by atoms with Crippen LogP contribution in [0.2, 0.25) is 0 Å². The second kappa shape index (κ2) is 15.0. The molecule has 0 saturated carbocycles. The molecular formula is C60H39N3. The molecule has 0 saturated heterocycles. The molecule has 10 aromatic carbocycles. The fourth-order valence-corrected chi connectivity index (χ4v) is 9.82. The molecule has 1 aromatic heterocycles. The summed E-state index contributed by atoms with van der Waals surface area (Å²) in [4.78, 5) is 15.4. The quantitative estimate of drug-likeness (QED) is 0.161. The van der Waals surface area contributed by atoms with Gasteiger partial charge in [-0.15, -0.1) is 0 Å². The zero-order chi connectivity index (χ0) is 41.7. The molecule has 0 amide bonds. The fraction of sp³-hybridized carbons (Fsp3) is 0.0167. The smallest absolute Gasteiger partial charge is 0.164 e. The molecule has 11 aromatic rings. The Balaban J connectivity index is 1.02. The first kappa shape index (κ1) is 36.6. The summed E-state index contributed by atoms with van der Waals surface area (Å²) in [5.41, 5.74) is 14.6. The summed E-state index contributed by atoms with van der Waals surface area (Å²) in [6, 6.07) is 84.9. The van der Waals surface area contributed by atoms with Crippen molar-refractivity contribution in [3.63, 3.8) is 0 Å². The minimum absolute atomic E-state index is 0.447. The van der Waals surface area contributed by atoms with Gasteiger partial charge in [-0.05, 0) is 108 Å². The van der Waals surface area contributed by atoms with E-state index in [-0.39, 0.29) is 0 Å². The summed E-state index contributed by atoms with van der Waals surface area (Å²) < 4.78 is 0. The molecule has 1 heterocycles. The Kier molecular flexibility index (Phi) is 8.72. The van der Waals surface area contributed by atoms with E-state index in [0.717, 1.165) is 38.8 Å². The molecule has 1 aliphatic rings. The molecular weight excluding hydrogens is 763 g/mol. The standard InChI is InChI=1S/C60H39N3/c1-5-17-40(18-6-1)41-29-31-43(32-30-41)58-61-57(42-19-7-2-8-20-42)62-59(63-58)48-36-45-21-13-14-26-51(45)53(38-48)46-34-33-44-39-56-54(37-47(44)35-46)52-27-15-16-28-55(52)60(56,49-22-9-3-10-23-49)50-24-11-4-12-25-50/h1-39H. The SMILES string of the molecule is c1ccc(-c2ccc(-c3nc(-c4ccccc4)nc(-c4cc(-c5ccc6cc7c(cc6c5)-c5ccccc5C7(c5ccccc5)c5ccccc5)c5ccccc5c4)n3)cc2)cc1. The maximum atomic E-state index is 5.20. The molecule has 0 radical (unpaired) electrons. The van der Waals surface area contributed by atoms with Crippen LogP contribution in [0.3, 0.4) is 0 Å². The van der Waals surface area contributed by atoms with Gasteiger partial charge in [-0.25, -0.2) is 15.0 Å². The molecule has 1 aliphatic carbocycles. The van der Waals surface area contributed by atoms with Crippen LogP contribution in [0.25, 0.3) is 89.1 Å². The third-order valence-corrected chi connectivity index (χ3v) is 12.8. The van der Waals surface area contributed by atoms with Crippen LogP contribution in [0.15, 0.2) is 237 Å².